The Morgan fingerprint density at radius 1 is 1.26 bits per heavy atom. The summed E-state index contributed by atoms with van der Waals surface area (Å²) in [5, 5.41) is 3.04. The molecular weight excluding hydrogens is 397 g/mol. The van der Waals surface area contributed by atoms with Crippen molar-refractivity contribution in [3.8, 4) is 0 Å². The number of hydrogen-bond donors (Lipinski definition) is 1. The molecule has 1 saturated heterocycles. The van der Waals surface area contributed by atoms with Crippen molar-refractivity contribution in [3.63, 3.8) is 0 Å². The van der Waals surface area contributed by atoms with Crippen molar-refractivity contribution < 1.29 is 23.9 Å². The maximum atomic E-state index is 12.1. The number of urea groups is 1. The smallest absolute Gasteiger partial charge is 0.326 e. The maximum absolute atomic E-state index is 12.1. The number of carbonyl (C=O) groups excluding carboxylic acids is 4. The lowest BCUT2D eigenvalue weighted by molar-refractivity contribution is -0.153. The first kappa shape index (κ1) is 21.0. The number of esters is 1. The first-order valence-corrected chi connectivity index (χ1v) is 8.96. The second-order valence-electron chi connectivity index (χ2n) is 6.01. The molecular formula is C17H19Cl2N3O5. The molecule has 1 N–H and O–H groups in total. The highest BCUT2D eigenvalue weighted by Crippen LogP contribution is 2.29. The van der Waals surface area contributed by atoms with Gasteiger partial charge in [-0.3, -0.25) is 19.3 Å². The van der Waals surface area contributed by atoms with Crippen LogP contribution in [0.4, 0.5) is 10.5 Å². The van der Waals surface area contributed by atoms with Crippen LogP contribution in [-0.2, 0) is 19.1 Å². The van der Waals surface area contributed by atoms with Crippen molar-refractivity contribution in [2.24, 2.45) is 0 Å². The Balaban J connectivity index is 1.79. The largest absolute Gasteiger partial charge is 0.453 e. The third-order valence-corrected chi connectivity index (χ3v) is 4.51. The summed E-state index contributed by atoms with van der Waals surface area (Å²) < 4.78 is 5.07. The van der Waals surface area contributed by atoms with Crippen LogP contribution in [0.2, 0.25) is 10.0 Å². The Morgan fingerprint density at radius 3 is 2.44 bits per heavy atom. The van der Waals surface area contributed by atoms with Gasteiger partial charge in [0.25, 0.3) is 5.91 Å². The number of rotatable bonds is 7. The molecule has 1 fully saturated rings. The fourth-order valence-electron chi connectivity index (χ4n) is 2.42. The molecule has 1 aliphatic heterocycles. The maximum Gasteiger partial charge on any atom is 0.326 e. The van der Waals surface area contributed by atoms with Gasteiger partial charge >= 0.3 is 12.0 Å². The van der Waals surface area contributed by atoms with Crippen molar-refractivity contribution in [1.29, 1.82) is 0 Å². The number of halogens is 2. The second kappa shape index (κ2) is 9.05. The fourth-order valence-corrected chi connectivity index (χ4v) is 2.91. The Labute approximate surface area is 166 Å². The molecule has 8 nitrogen and oxygen atoms in total. The summed E-state index contributed by atoms with van der Waals surface area (Å²) in [7, 11) is 1.53. The van der Waals surface area contributed by atoms with Crippen LogP contribution < -0.4 is 5.32 Å². The van der Waals surface area contributed by atoms with Gasteiger partial charge in [-0.05, 0) is 25.5 Å². The van der Waals surface area contributed by atoms with E-state index in [9.17, 15) is 19.2 Å². The molecule has 0 unspecified atom stereocenters. The molecule has 0 aliphatic carbocycles. The number of carbonyl (C=O) groups is 4. The van der Waals surface area contributed by atoms with E-state index in [4.69, 9.17) is 27.9 Å². The van der Waals surface area contributed by atoms with Gasteiger partial charge in [0, 0.05) is 20.0 Å². The minimum absolute atomic E-state index is 0.0328. The molecule has 2 rings (SSSR count). The molecule has 4 amide bonds. The Kier molecular flexibility index (Phi) is 7.04. The summed E-state index contributed by atoms with van der Waals surface area (Å²) in [4.78, 5) is 49.8. The minimum atomic E-state index is -1.06. The molecule has 1 aromatic rings. The van der Waals surface area contributed by atoms with Gasteiger partial charge in [-0.1, -0.05) is 29.3 Å². The number of likely N-dealkylation sites (N-methyl/N-ethyl adjacent to an activating group) is 1. The number of amides is 4. The zero-order chi connectivity index (χ0) is 20.1. The number of imide groups is 1. The summed E-state index contributed by atoms with van der Waals surface area (Å²) >= 11 is 12.0. The van der Waals surface area contributed by atoms with E-state index in [1.54, 1.807) is 18.2 Å². The molecule has 0 saturated carbocycles. The summed E-state index contributed by atoms with van der Waals surface area (Å²) in [5.74, 6) is -1.50. The number of nitrogens with one attached hydrogen (secondary N) is 1. The van der Waals surface area contributed by atoms with Crippen molar-refractivity contribution >= 4 is 52.7 Å². The minimum Gasteiger partial charge on any atom is -0.453 e. The van der Waals surface area contributed by atoms with Gasteiger partial charge in [-0.25, -0.2) is 4.79 Å². The topological polar surface area (TPSA) is 96.0 Å². The third-order valence-electron chi connectivity index (χ3n) is 3.88. The van der Waals surface area contributed by atoms with Crippen molar-refractivity contribution in [1.82, 2.24) is 9.80 Å². The molecule has 1 aromatic carbocycles. The van der Waals surface area contributed by atoms with Crippen LogP contribution in [0.3, 0.4) is 0 Å². The van der Waals surface area contributed by atoms with Crippen molar-refractivity contribution in [3.05, 3.63) is 28.2 Å². The lowest BCUT2D eigenvalue weighted by Crippen LogP contribution is -2.33. The quantitative estimate of drug-likeness (QED) is 0.545. The van der Waals surface area contributed by atoms with Crippen LogP contribution in [0.1, 0.15) is 19.8 Å². The average Bonchev–Trinajstić information content (AvgIpc) is 2.84. The normalized spacial score (nSPS) is 15.1. The first-order valence-electron chi connectivity index (χ1n) is 8.20. The van der Waals surface area contributed by atoms with Gasteiger partial charge in [-0.2, -0.15) is 0 Å². The summed E-state index contributed by atoms with van der Waals surface area (Å²) in [6, 6.07) is 4.38. The Bertz CT molecular complexity index is 751. The van der Waals surface area contributed by atoms with Crippen LogP contribution in [0.25, 0.3) is 0 Å². The van der Waals surface area contributed by atoms with E-state index in [0.29, 0.717) is 0 Å². The highest BCUT2D eigenvalue weighted by Gasteiger charge is 2.33. The van der Waals surface area contributed by atoms with Crippen molar-refractivity contribution in [2.45, 2.75) is 25.9 Å². The SMILES string of the molecule is C[C@H](OC(=O)CCCN1C(=O)CN(C)C1=O)C(=O)Nc1c(Cl)cccc1Cl. The molecule has 10 heteroatoms. The lowest BCUT2D eigenvalue weighted by atomic mass is 10.2. The summed E-state index contributed by atoms with van der Waals surface area (Å²) in [6.07, 6.45) is -0.855. The summed E-state index contributed by atoms with van der Waals surface area (Å²) in [6.45, 7) is 1.57. The highest BCUT2D eigenvalue weighted by atomic mass is 35.5. The molecule has 146 valence electrons. The van der Waals surface area contributed by atoms with Gasteiger partial charge in [-0.15, -0.1) is 0 Å². The van der Waals surface area contributed by atoms with Gasteiger partial charge in [0.1, 0.15) is 6.54 Å². The van der Waals surface area contributed by atoms with Crippen LogP contribution in [0.5, 0.6) is 0 Å². The number of hydrogen-bond acceptors (Lipinski definition) is 5. The first-order chi connectivity index (χ1) is 12.7. The molecule has 0 radical (unpaired) electrons. The number of nitrogens with zero attached hydrogens (tertiary/aromatic N) is 2. The number of para-hydroxylation sites is 1. The van der Waals surface area contributed by atoms with Crippen molar-refractivity contribution in [2.75, 3.05) is 25.5 Å². The van der Waals surface area contributed by atoms with E-state index in [1.807, 2.05) is 0 Å². The van der Waals surface area contributed by atoms with Crippen LogP contribution in [0.15, 0.2) is 18.2 Å². The lowest BCUT2D eigenvalue weighted by Gasteiger charge is -2.16. The second-order valence-corrected chi connectivity index (χ2v) is 6.82. The Hall–Kier alpha value is -2.32. The molecule has 0 spiro atoms. The number of ether oxygens (including phenoxy) is 1. The third kappa shape index (κ3) is 5.33. The molecule has 1 aliphatic rings. The van der Waals surface area contributed by atoms with Gasteiger partial charge in [0.2, 0.25) is 5.91 Å². The molecule has 27 heavy (non-hydrogen) atoms. The molecule has 0 aromatic heterocycles. The standard InChI is InChI=1S/C17H19Cl2N3O5/c1-10(16(25)20-15-11(18)5-3-6-12(15)19)27-14(24)7-4-8-22-13(23)9-21(2)17(22)26/h3,5-6,10H,4,7-9H2,1-2H3,(H,20,25)/t10-/m0/s1. The van der Waals surface area contributed by atoms with Gasteiger partial charge < -0.3 is 15.0 Å². The number of anilines is 1. The molecule has 1 atom stereocenters. The van der Waals surface area contributed by atoms with Gasteiger partial charge in [0.05, 0.1) is 15.7 Å². The molecule has 1 heterocycles. The summed E-state index contributed by atoms with van der Waals surface area (Å²) in [5.41, 5.74) is 0.240. The van der Waals surface area contributed by atoms with Crippen LogP contribution >= 0.6 is 23.2 Å². The average molecular weight is 416 g/mol. The zero-order valence-corrected chi connectivity index (χ0v) is 16.3. The Morgan fingerprint density at radius 2 is 1.89 bits per heavy atom. The number of benzene rings is 1. The monoisotopic (exact) mass is 415 g/mol. The van der Waals surface area contributed by atoms with E-state index in [1.165, 1.54) is 18.9 Å². The molecule has 0 bridgehead atoms. The zero-order valence-electron chi connectivity index (χ0n) is 14.8. The van der Waals surface area contributed by atoms with E-state index in [0.717, 1.165) is 4.90 Å². The van der Waals surface area contributed by atoms with Crippen LogP contribution in [0, 0.1) is 0 Å². The predicted octanol–water partition coefficient (Wildman–Crippen LogP) is 2.54. The fraction of sp³-hybridized carbons (Fsp3) is 0.412. The predicted molar refractivity (Wildman–Crippen MR) is 99.6 cm³/mol. The highest BCUT2D eigenvalue weighted by molar-refractivity contribution is 6.39. The van der Waals surface area contributed by atoms with E-state index in [2.05, 4.69) is 5.32 Å². The van der Waals surface area contributed by atoms with Crippen LogP contribution in [-0.4, -0.2) is 59.9 Å². The van der Waals surface area contributed by atoms with E-state index < -0.39 is 24.0 Å². The van der Waals surface area contributed by atoms with E-state index >= 15 is 0 Å². The van der Waals surface area contributed by atoms with E-state index in [-0.39, 0.29) is 47.6 Å². The van der Waals surface area contributed by atoms with Gasteiger partial charge in [0.15, 0.2) is 6.10 Å².